The largest absolute Gasteiger partial charge is 0.350 e. The summed E-state index contributed by atoms with van der Waals surface area (Å²) in [4.78, 5) is 35.5. The number of carbonyl (C=O) groups is 3. The molecule has 0 radical (unpaired) electrons. The highest BCUT2D eigenvalue weighted by molar-refractivity contribution is 6.29. The summed E-state index contributed by atoms with van der Waals surface area (Å²) in [5.74, 6) is -0.893. The first-order chi connectivity index (χ1) is 7.74. The van der Waals surface area contributed by atoms with Crippen molar-refractivity contribution < 1.29 is 14.4 Å². The number of urea groups is 1. The second-order valence-electron chi connectivity index (χ2n) is 4.24. The van der Waals surface area contributed by atoms with Crippen molar-refractivity contribution >= 4 is 29.4 Å². The van der Waals surface area contributed by atoms with Gasteiger partial charge in [0.1, 0.15) is 12.1 Å². The maximum atomic E-state index is 11.7. The molecule has 1 aliphatic heterocycles. The molecule has 1 aliphatic rings. The average molecular weight is 260 g/mol. The fourth-order valence-corrected chi connectivity index (χ4v) is 1.42. The molecule has 7 heteroatoms. The van der Waals surface area contributed by atoms with E-state index in [0.29, 0.717) is 0 Å². The molecule has 0 saturated carbocycles. The van der Waals surface area contributed by atoms with E-state index in [1.807, 2.05) is 0 Å². The Balaban J connectivity index is 2.58. The van der Waals surface area contributed by atoms with Gasteiger partial charge in [-0.2, -0.15) is 0 Å². The lowest BCUT2D eigenvalue weighted by Gasteiger charge is -2.15. The van der Waals surface area contributed by atoms with E-state index in [2.05, 4.69) is 17.2 Å². The molecule has 0 atom stereocenters. The lowest BCUT2D eigenvalue weighted by molar-refractivity contribution is -0.134. The summed E-state index contributed by atoms with van der Waals surface area (Å²) < 4.78 is 0. The number of rotatable bonds is 4. The number of halogens is 1. The number of amides is 4. The van der Waals surface area contributed by atoms with E-state index in [-0.39, 0.29) is 18.1 Å². The van der Waals surface area contributed by atoms with Crippen molar-refractivity contribution in [1.82, 2.24) is 15.5 Å². The minimum absolute atomic E-state index is 0.105. The van der Waals surface area contributed by atoms with Gasteiger partial charge in [-0.1, -0.05) is 18.2 Å². The van der Waals surface area contributed by atoms with Crippen LogP contribution in [0, 0.1) is 0 Å². The highest BCUT2D eigenvalue weighted by Crippen LogP contribution is 2.15. The Bertz CT molecular complexity index is 392. The van der Waals surface area contributed by atoms with Gasteiger partial charge in [0, 0.05) is 5.03 Å². The zero-order valence-electron chi connectivity index (χ0n) is 9.67. The van der Waals surface area contributed by atoms with E-state index in [9.17, 15) is 14.4 Å². The third-order valence-electron chi connectivity index (χ3n) is 2.22. The van der Waals surface area contributed by atoms with E-state index in [1.54, 1.807) is 13.8 Å². The summed E-state index contributed by atoms with van der Waals surface area (Å²) in [5, 5.41) is 5.18. The fourth-order valence-electron chi connectivity index (χ4n) is 1.36. The van der Waals surface area contributed by atoms with Gasteiger partial charge < -0.3 is 10.6 Å². The molecule has 0 aromatic rings. The molecule has 17 heavy (non-hydrogen) atoms. The van der Waals surface area contributed by atoms with Crippen LogP contribution in [0.2, 0.25) is 0 Å². The zero-order valence-corrected chi connectivity index (χ0v) is 10.4. The molecular formula is C10H14ClN3O3. The van der Waals surface area contributed by atoms with Crippen LogP contribution in [0.25, 0.3) is 0 Å². The Morgan fingerprint density at radius 2 is 2.12 bits per heavy atom. The van der Waals surface area contributed by atoms with Gasteiger partial charge >= 0.3 is 6.03 Å². The fraction of sp³-hybridized carbons (Fsp3) is 0.500. The van der Waals surface area contributed by atoms with Crippen LogP contribution >= 0.6 is 11.6 Å². The van der Waals surface area contributed by atoms with Crippen LogP contribution in [0.3, 0.4) is 0 Å². The number of hydrogen-bond acceptors (Lipinski definition) is 3. The maximum absolute atomic E-state index is 11.7. The van der Waals surface area contributed by atoms with Crippen LogP contribution in [-0.4, -0.2) is 41.4 Å². The zero-order chi connectivity index (χ0) is 13.2. The topological polar surface area (TPSA) is 78.5 Å². The van der Waals surface area contributed by atoms with E-state index in [4.69, 9.17) is 11.6 Å². The minimum Gasteiger partial charge on any atom is -0.350 e. The third-order valence-corrected chi connectivity index (χ3v) is 2.36. The van der Waals surface area contributed by atoms with Crippen LogP contribution in [0.1, 0.15) is 13.8 Å². The Morgan fingerprint density at radius 3 is 2.53 bits per heavy atom. The smallest absolute Gasteiger partial charge is 0.325 e. The molecule has 1 saturated heterocycles. The average Bonchev–Trinajstić information content (AvgIpc) is 2.38. The highest BCUT2D eigenvalue weighted by Gasteiger charge is 2.44. The molecule has 0 unspecified atom stereocenters. The normalized spacial score (nSPS) is 17.9. The van der Waals surface area contributed by atoms with E-state index in [0.717, 1.165) is 4.90 Å². The quantitative estimate of drug-likeness (QED) is 0.707. The van der Waals surface area contributed by atoms with Crippen molar-refractivity contribution in [2.24, 2.45) is 0 Å². The Kier molecular flexibility index (Phi) is 3.77. The first-order valence-corrected chi connectivity index (χ1v) is 5.36. The van der Waals surface area contributed by atoms with Crippen LogP contribution in [0.15, 0.2) is 11.6 Å². The first-order valence-electron chi connectivity index (χ1n) is 4.98. The molecule has 94 valence electrons. The number of hydrogen-bond donors (Lipinski definition) is 2. The predicted molar refractivity (Wildman–Crippen MR) is 62.3 cm³/mol. The number of carbonyl (C=O) groups excluding carboxylic acids is 3. The van der Waals surface area contributed by atoms with E-state index >= 15 is 0 Å². The lowest BCUT2D eigenvalue weighted by Crippen LogP contribution is -2.43. The van der Waals surface area contributed by atoms with Crippen LogP contribution in [0.5, 0.6) is 0 Å². The summed E-state index contributed by atoms with van der Waals surface area (Å²) in [6.45, 7) is 6.34. The van der Waals surface area contributed by atoms with Gasteiger partial charge in [0.2, 0.25) is 5.91 Å². The van der Waals surface area contributed by atoms with Crippen molar-refractivity contribution in [1.29, 1.82) is 0 Å². The van der Waals surface area contributed by atoms with Crippen LogP contribution < -0.4 is 10.6 Å². The molecule has 1 fully saturated rings. The van der Waals surface area contributed by atoms with Crippen molar-refractivity contribution in [3.63, 3.8) is 0 Å². The number of nitrogens with zero attached hydrogens (tertiary/aromatic N) is 1. The molecule has 0 bridgehead atoms. The second-order valence-corrected chi connectivity index (χ2v) is 4.77. The predicted octanol–water partition coefficient (Wildman–Crippen LogP) is 0.185. The van der Waals surface area contributed by atoms with Gasteiger partial charge in [-0.15, -0.1) is 0 Å². The monoisotopic (exact) mass is 259 g/mol. The van der Waals surface area contributed by atoms with Crippen molar-refractivity contribution in [3.8, 4) is 0 Å². The highest BCUT2D eigenvalue weighted by atomic mass is 35.5. The van der Waals surface area contributed by atoms with Gasteiger partial charge in [0.25, 0.3) is 5.91 Å². The second kappa shape index (κ2) is 4.75. The van der Waals surface area contributed by atoms with Crippen molar-refractivity contribution in [2.45, 2.75) is 19.4 Å². The van der Waals surface area contributed by atoms with E-state index in [1.165, 1.54) is 0 Å². The molecule has 1 heterocycles. The molecule has 0 aromatic carbocycles. The molecule has 0 aromatic heterocycles. The Hall–Kier alpha value is -1.56. The summed E-state index contributed by atoms with van der Waals surface area (Å²) >= 11 is 5.47. The molecule has 6 nitrogen and oxygen atoms in total. The first kappa shape index (κ1) is 13.5. The maximum Gasteiger partial charge on any atom is 0.325 e. The number of imide groups is 1. The van der Waals surface area contributed by atoms with Gasteiger partial charge in [-0.25, -0.2) is 4.79 Å². The van der Waals surface area contributed by atoms with Crippen molar-refractivity contribution in [3.05, 3.63) is 11.6 Å². The van der Waals surface area contributed by atoms with Gasteiger partial charge in [-0.3, -0.25) is 14.5 Å². The van der Waals surface area contributed by atoms with Crippen molar-refractivity contribution in [2.75, 3.05) is 13.1 Å². The summed E-state index contributed by atoms with van der Waals surface area (Å²) in [7, 11) is 0. The minimum atomic E-state index is -0.965. The van der Waals surface area contributed by atoms with Crippen LogP contribution in [0.4, 0.5) is 4.79 Å². The van der Waals surface area contributed by atoms with Gasteiger partial charge in [-0.05, 0) is 13.8 Å². The van der Waals surface area contributed by atoms with E-state index < -0.39 is 23.4 Å². The molecule has 0 aliphatic carbocycles. The third kappa shape index (κ3) is 3.20. The molecule has 1 rings (SSSR count). The van der Waals surface area contributed by atoms with Gasteiger partial charge in [0.15, 0.2) is 0 Å². The molecule has 0 spiro atoms. The summed E-state index contributed by atoms with van der Waals surface area (Å²) in [6.07, 6.45) is 0. The molecule has 2 N–H and O–H groups in total. The van der Waals surface area contributed by atoms with Crippen LogP contribution in [-0.2, 0) is 9.59 Å². The molecule has 4 amide bonds. The number of nitrogens with one attached hydrogen (secondary N) is 2. The summed E-state index contributed by atoms with van der Waals surface area (Å²) in [5.41, 5.74) is -0.965. The Labute approximate surface area is 104 Å². The standard InChI is InChI=1S/C10H14ClN3O3/c1-6(11)4-12-7(15)5-14-8(16)10(2,3)13-9(14)17/h1,4-5H2,2-3H3,(H,12,15)(H,13,17). The SMILES string of the molecule is C=C(Cl)CNC(=O)CN1C(=O)NC(C)(C)C1=O. The summed E-state index contributed by atoms with van der Waals surface area (Å²) in [6, 6.07) is -0.570. The molecular weight excluding hydrogens is 246 g/mol. The Morgan fingerprint density at radius 1 is 1.53 bits per heavy atom. The van der Waals surface area contributed by atoms with Gasteiger partial charge in [0.05, 0.1) is 6.54 Å². The lowest BCUT2D eigenvalue weighted by atomic mass is 10.1.